The summed E-state index contributed by atoms with van der Waals surface area (Å²) in [5.74, 6) is 0.404. The average molecular weight is 262 g/mol. The molecule has 0 saturated heterocycles. The summed E-state index contributed by atoms with van der Waals surface area (Å²) in [7, 11) is 0. The number of furan rings is 1. The first-order valence-electron chi connectivity index (χ1n) is 5.43. The summed E-state index contributed by atoms with van der Waals surface area (Å²) < 4.78 is 18.2. The van der Waals surface area contributed by atoms with Crippen molar-refractivity contribution >= 4 is 16.7 Å². The maximum absolute atomic E-state index is 12.9. The Morgan fingerprint density at radius 3 is 2.67 bits per heavy atom. The molecule has 0 bridgehead atoms. The van der Waals surface area contributed by atoms with Crippen LogP contribution < -0.4 is 11.1 Å². The number of hydrogen-bond acceptors (Lipinski definition) is 4. The molecule has 1 atom stereocenters. The number of rotatable bonds is 2. The molecule has 18 heavy (non-hydrogen) atoms. The van der Waals surface area contributed by atoms with Gasteiger partial charge in [0.1, 0.15) is 5.82 Å². The molecular formula is C13H11FN2OS. The first kappa shape index (κ1) is 11.4. The summed E-state index contributed by atoms with van der Waals surface area (Å²) in [6.45, 7) is 0. The lowest BCUT2D eigenvalue weighted by atomic mass is 10.2. The molecule has 3 N–H and O–H groups in total. The summed E-state index contributed by atoms with van der Waals surface area (Å²) in [4.78, 5) is 0.154. The van der Waals surface area contributed by atoms with E-state index in [-0.39, 0.29) is 5.82 Å². The molecular weight excluding hydrogens is 251 g/mol. The molecule has 2 heterocycles. The first-order chi connectivity index (χ1) is 8.67. The highest BCUT2D eigenvalue weighted by molar-refractivity contribution is 8.09. The highest BCUT2D eigenvalue weighted by atomic mass is 32.2. The molecule has 1 aromatic heterocycles. The van der Waals surface area contributed by atoms with E-state index in [1.165, 1.54) is 23.9 Å². The van der Waals surface area contributed by atoms with Gasteiger partial charge in [0.05, 0.1) is 6.26 Å². The molecule has 1 aliphatic heterocycles. The molecule has 3 rings (SSSR count). The van der Waals surface area contributed by atoms with Gasteiger partial charge in [-0.05, 0) is 29.8 Å². The molecule has 0 fully saturated rings. The van der Waals surface area contributed by atoms with Crippen LogP contribution in [0.5, 0.6) is 0 Å². The molecule has 2 aromatic rings. The molecule has 0 spiro atoms. The van der Waals surface area contributed by atoms with Crippen molar-refractivity contribution < 1.29 is 8.81 Å². The highest BCUT2D eigenvalue weighted by Crippen LogP contribution is 2.43. The summed E-state index contributed by atoms with van der Waals surface area (Å²) in [6.07, 6.45) is 3.41. The van der Waals surface area contributed by atoms with Gasteiger partial charge in [0, 0.05) is 11.1 Å². The quantitative estimate of drug-likeness (QED) is 0.873. The van der Waals surface area contributed by atoms with Crippen molar-refractivity contribution in [1.29, 1.82) is 0 Å². The third-order valence-corrected chi connectivity index (χ3v) is 3.92. The summed E-state index contributed by atoms with van der Waals surface area (Å²) in [5.41, 5.74) is 7.14. The number of thioether (sulfide) groups is 1. The van der Waals surface area contributed by atoms with Crippen LogP contribution in [-0.2, 0) is 4.99 Å². The van der Waals surface area contributed by atoms with Gasteiger partial charge >= 0.3 is 0 Å². The van der Waals surface area contributed by atoms with Gasteiger partial charge in [-0.15, -0.1) is 0 Å². The van der Waals surface area contributed by atoms with E-state index < -0.39 is 4.99 Å². The highest BCUT2D eigenvalue weighted by Gasteiger charge is 2.36. The van der Waals surface area contributed by atoms with Gasteiger partial charge in [0.25, 0.3) is 0 Å². The van der Waals surface area contributed by atoms with Crippen LogP contribution in [0.3, 0.4) is 0 Å². The van der Waals surface area contributed by atoms with E-state index >= 15 is 0 Å². The van der Waals surface area contributed by atoms with E-state index in [0.29, 0.717) is 5.76 Å². The molecule has 1 unspecified atom stereocenters. The first-order valence-corrected chi connectivity index (χ1v) is 6.25. The summed E-state index contributed by atoms with van der Waals surface area (Å²) in [6, 6.07) is 9.93. The van der Waals surface area contributed by atoms with Gasteiger partial charge in [-0.1, -0.05) is 23.9 Å². The monoisotopic (exact) mass is 262 g/mol. The van der Waals surface area contributed by atoms with E-state index in [1.807, 2.05) is 12.3 Å². The molecule has 0 amide bonds. The van der Waals surface area contributed by atoms with Crippen LogP contribution in [0.2, 0.25) is 0 Å². The molecule has 1 aromatic carbocycles. The standard InChI is InChI=1S/C13H11FN2OS/c14-10-5-3-9(4-6-10)11-8-16-13(15,18-11)12-2-1-7-17-12/h1-8,16H,15H2. The van der Waals surface area contributed by atoms with E-state index in [2.05, 4.69) is 5.32 Å². The Labute approximate surface area is 108 Å². The third-order valence-electron chi connectivity index (χ3n) is 2.70. The van der Waals surface area contributed by atoms with Crippen molar-refractivity contribution in [3.8, 4) is 0 Å². The van der Waals surface area contributed by atoms with Crippen LogP contribution >= 0.6 is 11.8 Å². The Kier molecular flexibility index (Phi) is 2.65. The predicted molar refractivity (Wildman–Crippen MR) is 69.7 cm³/mol. The number of halogens is 1. The SMILES string of the molecule is NC1(c2ccco2)NC=C(c2ccc(F)cc2)S1. The van der Waals surface area contributed by atoms with Gasteiger partial charge in [0.15, 0.2) is 10.8 Å². The summed E-state index contributed by atoms with van der Waals surface area (Å²) >= 11 is 1.44. The number of benzene rings is 1. The lowest BCUT2D eigenvalue weighted by Gasteiger charge is -2.21. The second-order valence-corrected chi connectivity index (χ2v) is 5.26. The second kappa shape index (κ2) is 4.19. The summed E-state index contributed by atoms with van der Waals surface area (Å²) in [5, 5.41) is 3.09. The minimum absolute atomic E-state index is 0.250. The molecule has 0 saturated carbocycles. The fourth-order valence-corrected chi connectivity index (χ4v) is 2.83. The smallest absolute Gasteiger partial charge is 0.198 e. The van der Waals surface area contributed by atoms with Crippen LogP contribution in [0.1, 0.15) is 11.3 Å². The Bertz CT molecular complexity index is 580. The van der Waals surface area contributed by atoms with E-state index in [4.69, 9.17) is 10.2 Å². The Morgan fingerprint density at radius 1 is 1.22 bits per heavy atom. The minimum Gasteiger partial charge on any atom is -0.464 e. The van der Waals surface area contributed by atoms with Crippen molar-refractivity contribution in [1.82, 2.24) is 5.32 Å². The lowest BCUT2D eigenvalue weighted by Crippen LogP contribution is -2.41. The van der Waals surface area contributed by atoms with Gasteiger partial charge in [-0.3, -0.25) is 5.73 Å². The van der Waals surface area contributed by atoms with Gasteiger partial charge in [0.2, 0.25) is 0 Å². The maximum Gasteiger partial charge on any atom is 0.198 e. The molecule has 5 heteroatoms. The molecule has 0 aliphatic carbocycles. The van der Waals surface area contributed by atoms with Crippen LogP contribution in [0, 0.1) is 5.82 Å². The molecule has 92 valence electrons. The topological polar surface area (TPSA) is 51.2 Å². The predicted octanol–water partition coefficient (Wildman–Crippen LogP) is 2.82. The van der Waals surface area contributed by atoms with E-state index in [1.54, 1.807) is 24.5 Å². The fraction of sp³-hybridized carbons (Fsp3) is 0.0769. The number of hydrogen-bond donors (Lipinski definition) is 2. The zero-order chi connectivity index (χ0) is 12.6. The zero-order valence-corrected chi connectivity index (χ0v) is 10.2. The fourth-order valence-electron chi connectivity index (χ4n) is 1.77. The normalized spacial score (nSPS) is 22.7. The van der Waals surface area contributed by atoms with Crippen molar-refractivity contribution in [2.75, 3.05) is 0 Å². The molecule has 1 aliphatic rings. The Morgan fingerprint density at radius 2 is 2.00 bits per heavy atom. The van der Waals surface area contributed by atoms with Crippen molar-refractivity contribution in [3.05, 3.63) is 66.0 Å². The second-order valence-electron chi connectivity index (χ2n) is 3.97. The minimum atomic E-state index is -0.798. The largest absolute Gasteiger partial charge is 0.464 e. The van der Waals surface area contributed by atoms with E-state index in [9.17, 15) is 4.39 Å². The van der Waals surface area contributed by atoms with E-state index in [0.717, 1.165) is 10.5 Å². The van der Waals surface area contributed by atoms with Gasteiger partial charge < -0.3 is 9.73 Å². The number of nitrogens with two attached hydrogens (primary N) is 1. The van der Waals surface area contributed by atoms with Crippen molar-refractivity contribution in [2.24, 2.45) is 5.73 Å². The van der Waals surface area contributed by atoms with Crippen LogP contribution in [0.4, 0.5) is 4.39 Å². The van der Waals surface area contributed by atoms with Crippen LogP contribution in [0.25, 0.3) is 4.91 Å². The van der Waals surface area contributed by atoms with Gasteiger partial charge in [-0.2, -0.15) is 0 Å². The maximum atomic E-state index is 12.9. The molecule has 0 radical (unpaired) electrons. The average Bonchev–Trinajstić information content (AvgIpc) is 3.00. The van der Waals surface area contributed by atoms with Crippen LogP contribution in [-0.4, -0.2) is 0 Å². The van der Waals surface area contributed by atoms with Gasteiger partial charge in [-0.25, -0.2) is 4.39 Å². The lowest BCUT2D eigenvalue weighted by molar-refractivity contribution is 0.422. The molecule has 3 nitrogen and oxygen atoms in total. The van der Waals surface area contributed by atoms with Crippen molar-refractivity contribution in [2.45, 2.75) is 4.99 Å². The van der Waals surface area contributed by atoms with Crippen LogP contribution in [0.15, 0.2) is 53.3 Å². The Balaban J connectivity index is 1.84. The number of nitrogens with one attached hydrogen (secondary N) is 1. The van der Waals surface area contributed by atoms with Crippen molar-refractivity contribution in [3.63, 3.8) is 0 Å². The third kappa shape index (κ3) is 1.91. The zero-order valence-electron chi connectivity index (χ0n) is 9.39. The Hall–Kier alpha value is -1.72.